The number of rotatable bonds is 4. The monoisotopic (exact) mass is 657 g/mol. The van der Waals surface area contributed by atoms with Crippen LogP contribution in [0, 0.1) is 59.2 Å². The zero-order chi connectivity index (χ0) is 31.6. The SMILES string of the molecule is C1CCC(C2CCC(N3C4CCCCC4C4C5C6CCCCC6N(C6CCC(C7CCCCC7)C7CCCCC76)C5CCC43)CC2)CC1. The normalized spacial score (nSPS) is 51.0. The summed E-state index contributed by atoms with van der Waals surface area (Å²) in [7, 11) is 0. The van der Waals surface area contributed by atoms with Crippen LogP contribution in [0.25, 0.3) is 0 Å². The van der Waals surface area contributed by atoms with E-state index in [2.05, 4.69) is 9.80 Å². The van der Waals surface area contributed by atoms with Gasteiger partial charge >= 0.3 is 0 Å². The predicted molar refractivity (Wildman–Crippen MR) is 200 cm³/mol. The van der Waals surface area contributed by atoms with Gasteiger partial charge in [-0.2, -0.15) is 0 Å². The molecular weight excluding hydrogens is 581 g/mol. The smallest absolute Gasteiger partial charge is 0.0137 e. The lowest BCUT2D eigenvalue weighted by atomic mass is 9.58. The van der Waals surface area contributed by atoms with Crippen LogP contribution in [-0.2, 0) is 0 Å². The molecule has 12 atom stereocenters. The Kier molecular flexibility index (Phi) is 9.53. The minimum atomic E-state index is 0.944. The molecule has 0 aromatic rings. The van der Waals surface area contributed by atoms with E-state index < -0.39 is 0 Å². The van der Waals surface area contributed by atoms with Gasteiger partial charge in [0.2, 0.25) is 0 Å². The maximum absolute atomic E-state index is 3.47. The summed E-state index contributed by atoms with van der Waals surface area (Å²) in [4.78, 5) is 6.86. The Balaban J connectivity index is 0.912. The Morgan fingerprint density at radius 3 is 1.31 bits per heavy atom. The summed E-state index contributed by atoms with van der Waals surface area (Å²) in [5.74, 6) is 10.7. The average Bonchev–Trinajstić information content (AvgIpc) is 3.68. The molecule has 2 heterocycles. The molecule has 0 spiro atoms. The molecular formula is C46H76N2. The van der Waals surface area contributed by atoms with Crippen molar-refractivity contribution in [3.05, 3.63) is 0 Å². The van der Waals surface area contributed by atoms with Crippen LogP contribution in [0.5, 0.6) is 0 Å². The Labute approximate surface area is 297 Å². The fourth-order valence-corrected chi connectivity index (χ4v) is 17.5. The van der Waals surface area contributed by atoms with Gasteiger partial charge < -0.3 is 0 Å². The number of hydrogen-bond acceptors (Lipinski definition) is 2. The van der Waals surface area contributed by atoms with Gasteiger partial charge in [-0.05, 0) is 149 Å². The third-order valence-corrected chi connectivity index (χ3v) is 19.0. The van der Waals surface area contributed by atoms with Crippen molar-refractivity contribution >= 4 is 0 Å². The number of nitrogens with zero attached hydrogens (tertiary/aromatic N) is 2. The van der Waals surface area contributed by atoms with Crippen molar-refractivity contribution in [2.75, 3.05) is 0 Å². The summed E-state index contributed by atoms with van der Waals surface area (Å²) in [6, 6.07) is 5.76. The third-order valence-electron chi connectivity index (χ3n) is 19.0. The van der Waals surface area contributed by atoms with E-state index in [-0.39, 0.29) is 0 Å². The maximum Gasteiger partial charge on any atom is 0.0137 e. The number of fused-ring (bicyclic) bond motifs is 8. The van der Waals surface area contributed by atoms with Crippen LogP contribution in [0.15, 0.2) is 0 Å². The number of likely N-dealkylation sites (tertiary alicyclic amines) is 2. The first-order chi connectivity index (χ1) is 23.8. The van der Waals surface area contributed by atoms with E-state index in [1.807, 2.05) is 0 Å². The summed E-state index contributed by atoms with van der Waals surface area (Å²) in [6.07, 6.45) is 47.0. The zero-order valence-electron chi connectivity index (χ0n) is 31.3. The van der Waals surface area contributed by atoms with E-state index in [9.17, 15) is 0 Å². The standard InChI is InChI=1S/C46H76N2/c1-3-13-31(14-4-1)32-23-25-34(26-24-32)47-40-21-11-9-19-38(40)45-43(47)29-30-44-46(45)39-20-10-12-22-41(39)48(44)42-28-27-35(33-15-5-2-6-16-33)36-17-7-8-18-37(36)42/h31-46H,1-30H2. The predicted octanol–water partition coefficient (Wildman–Crippen LogP) is 11.8. The van der Waals surface area contributed by atoms with Gasteiger partial charge in [0.25, 0.3) is 0 Å². The lowest BCUT2D eigenvalue weighted by Gasteiger charge is -2.54. The first kappa shape index (κ1) is 32.6. The Bertz CT molecular complexity index is 1070. The molecule has 2 heteroatoms. The highest BCUT2D eigenvalue weighted by Gasteiger charge is 2.64. The molecule has 0 N–H and O–H groups in total. The molecule has 0 bridgehead atoms. The molecule has 2 aliphatic heterocycles. The van der Waals surface area contributed by atoms with Gasteiger partial charge in [0.05, 0.1) is 0 Å². The van der Waals surface area contributed by atoms with Crippen molar-refractivity contribution in [2.24, 2.45) is 59.2 Å². The van der Waals surface area contributed by atoms with Crippen LogP contribution >= 0.6 is 0 Å². The average molecular weight is 657 g/mol. The highest BCUT2D eigenvalue weighted by Crippen LogP contribution is 2.62. The van der Waals surface area contributed by atoms with Crippen LogP contribution in [-0.4, -0.2) is 46.1 Å². The van der Waals surface area contributed by atoms with E-state index in [1.54, 1.807) is 161 Å². The lowest BCUT2D eigenvalue weighted by Crippen LogP contribution is -2.57. The van der Waals surface area contributed by atoms with Crippen molar-refractivity contribution < 1.29 is 0 Å². The molecule has 0 aromatic heterocycles. The second-order valence-electron chi connectivity index (χ2n) is 20.6. The fourth-order valence-electron chi connectivity index (χ4n) is 17.5. The van der Waals surface area contributed by atoms with E-state index in [4.69, 9.17) is 0 Å². The molecule has 0 aromatic carbocycles. The van der Waals surface area contributed by atoms with Crippen molar-refractivity contribution in [3.63, 3.8) is 0 Å². The largest absolute Gasteiger partial charge is 0.294 e. The molecule has 0 radical (unpaired) electrons. The maximum atomic E-state index is 3.47. The molecule has 10 fully saturated rings. The van der Waals surface area contributed by atoms with Gasteiger partial charge in [-0.15, -0.1) is 0 Å². The fraction of sp³-hybridized carbons (Fsp3) is 1.00. The van der Waals surface area contributed by atoms with E-state index in [0.717, 1.165) is 95.4 Å². The highest BCUT2D eigenvalue weighted by molar-refractivity contribution is 5.17. The molecule has 0 amide bonds. The molecule has 270 valence electrons. The zero-order valence-corrected chi connectivity index (χ0v) is 31.3. The Morgan fingerprint density at radius 1 is 0.229 bits per heavy atom. The van der Waals surface area contributed by atoms with E-state index >= 15 is 0 Å². The molecule has 10 rings (SSSR count). The molecule has 2 nitrogen and oxygen atoms in total. The van der Waals surface area contributed by atoms with Gasteiger partial charge in [0.1, 0.15) is 0 Å². The van der Waals surface area contributed by atoms with Gasteiger partial charge in [-0.1, -0.05) is 103 Å². The lowest BCUT2D eigenvalue weighted by molar-refractivity contribution is -0.0513. The van der Waals surface area contributed by atoms with Crippen molar-refractivity contribution in [3.8, 4) is 0 Å². The van der Waals surface area contributed by atoms with Gasteiger partial charge in [0.15, 0.2) is 0 Å². The molecule has 10 aliphatic rings. The van der Waals surface area contributed by atoms with Crippen LogP contribution < -0.4 is 0 Å². The minimum absolute atomic E-state index is 0.944. The van der Waals surface area contributed by atoms with Gasteiger partial charge in [-0.3, -0.25) is 9.80 Å². The molecule has 8 saturated carbocycles. The van der Waals surface area contributed by atoms with Crippen molar-refractivity contribution in [2.45, 2.75) is 229 Å². The van der Waals surface area contributed by atoms with Gasteiger partial charge in [0, 0.05) is 36.3 Å². The molecule has 48 heavy (non-hydrogen) atoms. The topological polar surface area (TPSA) is 6.48 Å². The van der Waals surface area contributed by atoms with Crippen LogP contribution in [0.4, 0.5) is 0 Å². The van der Waals surface area contributed by atoms with Crippen molar-refractivity contribution in [1.29, 1.82) is 0 Å². The van der Waals surface area contributed by atoms with Crippen LogP contribution in [0.3, 0.4) is 0 Å². The van der Waals surface area contributed by atoms with Gasteiger partial charge in [-0.25, -0.2) is 0 Å². The van der Waals surface area contributed by atoms with Crippen LogP contribution in [0.2, 0.25) is 0 Å². The first-order valence-electron chi connectivity index (χ1n) is 23.4. The second-order valence-corrected chi connectivity index (χ2v) is 20.6. The van der Waals surface area contributed by atoms with Crippen LogP contribution in [0.1, 0.15) is 193 Å². The molecule has 12 unspecified atom stereocenters. The summed E-state index contributed by atoms with van der Waals surface area (Å²) >= 11 is 0. The highest BCUT2D eigenvalue weighted by atomic mass is 15.3. The third kappa shape index (κ3) is 5.57. The summed E-state index contributed by atoms with van der Waals surface area (Å²) < 4.78 is 0. The minimum Gasteiger partial charge on any atom is -0.294 e. The summed E-state index contributed by atoms with van der Waals surface area (Å²) in [6.45, 7) is 0. The van der Waals surface area contributed by atoms with E-state index in [0.29, 0.717) is 0 Å². The summed E-state index contributed by atoms with van der Waals surface area (Å²) in [5, 5.41) is 0. The second kappa shape index (κ2) is 14.0. The Hall–Kier alpha value is -0.0800. The first-order valence-corrected chi connectivity index (χ1v) is 23.4. The summed E-state index contributed by atoms with van der Waals surface area (Å²) in [5.41, 5.74) is 0. The van der Waals surface area contributed by atoms with E-state index in [1.165, 1.54) is 32.1 Å². The Morgan fingerprint density at radius 2 is 0.667 bits per heavy atom. The van der Waals surface area contributed by atoms with Crippen molar-refractivity contribution in [1.82, 2.24) is 9.80 Å². The molecule has 8 aliphatic carbocycles. The number of hydrogen-bond donors (Lipinski definition) is 0. The molecule has 2 saturated heterocycles. The quantitative estimate of drug-likeness (QED) is 0.297.